The van der Waals surface area contributed by atoms with E-state index >= 15 is 0 Å². The molecule has 0 heterocycles. The van der Waals surface area contributed by atoms with E-state index in [0.29, 0.717) is 0 Å². The molecule has 0 aromatic heterocycles. The highest BCUT2D eigenvalue weighted by atomic mass is 127. The number of rotatable bonds is 2. The molecular weight excluding hydrogens is 347 g/mol. The van der Waals surface area contributed by atoms with Crippen LogP contribution in [0.3, 0.4) is 0 Å². The molecule has 0 atom stereocenters. The Labute approximate surface area is 100 Å². The third-order valence-electron chi connectivity index (χ3n) is 1.43. The number of ether oxygens (including phenoxy) is 2. The molecule has 0 N–H and O–H groups in total. The number of hydrogen-bond donors (Lipinski definition) is 0. The number of hydrogen-bond acceptors (Lipinski definition) is 3. The van der Waals surface area contributed by atoms with Crippen LogP contribution in [0.1, 0.15) is 0 Å². The number of benzene rings is 1. The van der Waals surface area contributed by atoms with Gasteiger partial charge in [-0.3, -0.25) is 0 Å². The van der Waals surface area contributed by atoms with Crippen LogP contribution in [0.25, 0.3) is 0 Å². The van der Waals surface area contributed by atoms with E-state index in [1.807, 2.05) is 0 Å². The molecule has 0 saturated heterocycles. The van der Waals surface area contributed by atoms with E-state index in [9.17, 15) is 22.4 Å². The van der Waals surface area contributed by atoms with Gasteiger partial charge in [-0.2, -0.15) is 8.78 Å². The van der Waals surface area contributed by atoms with E-state index in [2.05, 4.69) is 9.47 Å². The summed E-state index contributed by atoms with van der Waals surface area (Å²) in [6, 6.07) is 0.00118. The van der Waals surface area contributed by atoms with Crippen molar-refractivity contribution >= 4 is 28.7 Å². The summed E-state index contributed by atoms with van der Waals surface area (Å²) >= 11 is 1.62. The maximum absolute atomic E-state index is 12.9. The largest absolute Gasteiger partial charge is 0.514 e. The summed E-state index contributed by atoms with van der Waals surface area (Å²) in [6.45, 7) is 0. The summed E-state index contributed by atoms with van der Waals surface area (Å²) in [5, 5.41) is 0. The lowest BCUT2D eigenvalue weighted by Gasteiger charge is -2.06. The minimum atomic E-state index is -1.80. The Kier molecular flexibility index (Phi) is 4.33. The van der Waals surface area contributed by atoms with Crippen molar-refractivity contribution in [2.45, 2.75) is 0 Å². The lowest BCUT2D eigenvalue weighted by atomic mass is 10.3. The van der Waals surface area contributed by atoms with Gasteiger partial charge in [0.15, 0.2) is 11.6 Å². The van der Waals surface area contributed by atoms with Crippen LogP contribution in [0.4, 0.5) is 22.4 Å². The van der Waals surface area contributed by atoms with E-state index in [0.717, 1.165) is 0 Å². The zero-order valence-electron chi connectivity index (χ0n) is 7.40. The fourth-order valence-electron chi connectivity index (χ4n) is 0.798. The van der Waals surface area contributed by atoms with E-state index in [4.69, 9.17) is 0 Å². The van der Waals surface area contributed by atoms with Crippen LogP contribution < -0.4 is 4.74 Å². The predicted molar refractivity (Wildman–Crippen MR) is 52.3 cm³/mol. The summed E-state index contributed by atoms with van der Waals surface area (Å²) in [4.78, 5) is 10.7. The van der Waals surface area contributed by atoms with Crippen LogP contribution in [-0.2, 0) is 4.74 Å². The normalized spacial score (nSPS) is 10.1. The first-order valence-electron chi connectivity index (χ1n) is 3.71. The van der Waals surface area contributed by atoms with Gasteiger partial charge >= 0.3 is 6.16 Å². The molecule has 0 aliphatic carbocycles. The van der Waals surface area contributed by atoms with E-state index in [1.54, 1.807) is 22.6 Å². The van der Waals surface area contributed by atoms with E-state index < -0.39 is 35.2 Å². The molecule has 0 spiro atoms. The molecule has 0 fully saturated rings. The molecule has 0 aliphatic heterocycles. The molecule has 16 heavy (non-hydrogen) atoms. The smallest absolute Gasteiger partial charge is 0.423 e. The van der Waals surface area contributed by atoms with Crippen molar-refractivity contribution in [2.24, 2.45) is 0 Å². The van der Waals surface area contributed by atoms with Gasteiger partial charge in [-0.1, -0.05) is 0 Å². The zero-order chi connectivity index (χ0) is 12.3. The van der Waals surface area contributed by atoms with Crippen LogP contribution in [0, 0.1) is 23.3 Å². The number of carbonyl (C=O) groups is 1. The molecule has 88 valence electrons. The minimum absolute atomic E-state index is 0.00118. The lowest BCUT2D eigenvalue weighted by molar-refractivity contribution is 0.114. The molecule has 1 aromatic carbocycles. The van der Waals surface area contributed by atoms with Crippen LogP contribution in [0.5, 0.6) is 5.75 Å². The average Bonchev–Trinajstić information content (AvgIpc) is 2.22. The van der Waals surface area contributed by atoms with Crippen LogP contribution >= 0.6 is 22.6 Å². The lowest BCUT2D eigenvalue weighted by Crippen LogP contribution is -2.12. The first kappa shape index (κ1) is 13.0. The first-order valence-corrected chi connectivity index (χ1v) is 5.23. The molecule has 3 nitrogen and oxygen atoms in total. The van der Waals surface area contributed by atoms with Crippen LogP contribution in [0.15, 0.2) is 6.07 Å². The van der Waals surface area contributed by atoms with Gasteiger partial charge in [-0.05, 0) is 22.6 Å². The van der Waals surface area contributed by atoms with Crippen LogP contribution in [0.2, 0.25) is 0 Å². The number of alkyl halides is 1. The Balaban J connectivity index is 3.07. The van der Waals surface area contributed by atoms with Crippen molar-refractivity contribution in [2.75, 3.05) is 4.61 Å². The Morgan fingerprint density at radius 3 is 2.12 bits per heavy atom. The highest BCUT2D eigenvalue weighted by Crippen LogP contribution is 2.26. The molecule has 8 heteroatoms. The molecule has 1 rings (SSSR count). The quantitative estimate of drug-likeness (QED) is 0.205. The predicted octanol–water partition coefficient (Wildman–Crippen LogP) is 3.15. The topological polar surface area (TPSA) is 35.5 Å². The van der Waals surface area contributed by atoms with Crippen molar-refractivity contribution in [1.82, 2.24) is 0 Å². The molecule has 0 aliphatic rings. The Morgan fingerprint density at radius 2 is 1.69 bits per heavy atom. The Hall–Kier alpha value is -1.06. The minimum Gasteiger partial charge on any atom is -0.423 e. The molecule has 0 radical (unpaired) electrons. The summed E-state index contributed by atoms with van der Waals surface area (Å²) in [7, 11) is 0. The summed E-state index contributed by atoms with van der Waals surface area (Å²) in [6.07, 6.45) is -1.46. The third kappa shape index (κ3) is 2.74. The maximum atomic E-state index is 12.9. The fraction of sp³-hybridized carbons (Fsp3) is 0.125. The van der Waals surface area contributed by atoms with Gasteiger partial charge in [-0.25, -0.2) is 13.6 Å². The Bertz CT molecular complexity index is 398. The summed E-state index contributed by atoms with van der Waals surface area (Å²) < 4.78 is 59.2. The van der Waals surface area contributed by atoms with Gasteiger partial charge in [0.2, 0.25) is 17.4 Å². The summed E-state index contributed by atoms with van der Waals surface area (Å²) in [5.41, 5.74) is 0. The van der Waals surface area contributed by atoms with Crippen molar-refractivity contribution in [1.29, 1.82) is 0 Å². The molecule has 0 amide bonds. The molecule has 0 bridgehead atoms. The highest BCUT2D eigenvalue weighted by Gasteiger charge is 2.23. The second-order valence-electron chi connectivity index (χ2n) is 2.40. The third-order valence-corrected chi connectivity index (χ3v) is 1.74. The second-order valence-corrected chi connectivity index (χ2v) is 3.03. The fourth-order valence-corrected chi connectivity index (χ4v) is 1.05. The maximum Gasteiger partial charge on any atom is 0.514 e. The van der Waals surface area contributed by atoms with E-state index in [-0.39, 0.29) is 10.7 Å². The van der Waals surface area contributed by atoms with Gasteiger partial charge in [-0.15, -0.1) is 0 Å². The standard InChI is InChI=1S/C8H3F4IO3/c9-3-1-4(10)6(12)7(5(3)11)16-8(14)15-2-13/h1H,2H2. The van der Waals surface area contributed by atoms with Gasteiger partial charge < -0.3 is 9.47 Å². The number of halogens is 5. The van der Waals surface area contributed by atoms with E-state index in [1.165, 1.54) is 0 Å². The molecule has 0 saturated carbocycles. The second kappa shape index (κ2) is 5.32. The van der Waals surface area contributed by atoms with Crippen LogP contribution in [-0.4, -0.2) is 10.8 Å². The van der Waals surface area contributed by atoms with Gasteiger partial charge in [0.1, 0.15) is 4.61 Å². The Morgan fingerprint density at radius 1 is 1.19 bits per heavy atom. The molecular formula is C8H3F4IO3. The average molecular weight is 350 g/mol. The van der Waals surface area contributed by atoms with Crippen molar-refractivity contribution in [3.05, 3.63) is 29.3 Å². The van der Waals surface area contributed by atoms with Gasteiger partial charge in [0, 0.05) is 6.07 Å². The number of carbonyl (C=O) groups excluding carboxylic acids is 1. The zero-order valence-corrected chi connectivity index (χ0v) is 9.56. The van der Waals surface area contributed by atoms with Gasteiger partial charge in [0.25, 0.3) is 0 Å². The van der Waals surface area contributed by atoms with Crippen molar-refractivity contribution in [3.8, 4) is 5.75 Å². The highest BCUT2D eigenvalue weighted by molar-refractivity contribution is 14.1. The molecule has 1 aromatic rings. The molecule has 0 unspecified atom stereocenters. The van der Waals surface area contributed by atoms with Crippen molar-refractivity contribution in [3.63, 3.8) is 0 Å². The monoisotopic (exact) mass is 350 g/mol. The first-order chi connectivity index (χ1) is 7.47. The summed E-state index contributed by atoms with van der Waals surface area (Å²) in [5.74, 6) is -8.41. The van der Waals surface area contributed by atoms with Gasteiger partial charge in [0.05, 0.1) is 0 Å². The SMILES string of the molecule is O=C(OCI)Oc1c(F)c(F)cc(F)c1F. The van der Waals surface area contributed by atoms with Crippen molar-refractivity contribution < 1.29 is 31.8 Å².